The van der Waals surface area contributed by atoms with Gasteiger partial charge in [-0.05, 0) is 40.5 Å². The Labute approximate surface area is 125 Å². The Balaban J connectivity index is 2.14. The van der Waals surface area contributed by atoms with E-state index >= 15 is 0 Å². The maximum Gasteiger partial charge on any atom is 0.310 e. The summed E-state index contributed by atoms with van der Waals surface area (Å²) in [6, 6.07) is 0. The van der Waals surface area contributed by atoms with E-state index in [2.05, 4.69) is 0 Å². The third kappa shape index (κ3) is 3.12. The molecule has 2 heterocycles. The number of piperidine rings is 1. The first-order valence-corrected chi connectivity index (χ1v) is 7.48. The SMILES string of the molecule is CCOC(=O)[C@H]1CCCN(C(=O)c2c(C)oc(C)c2C)C1. The van der Waals surface area contributed by atoms with Gasteiger partial charge in [-0.2, -0.15) is 0 Å². The van der Waals surface area contributed by atoms with E-state index < -0.39 is 0 Å². The van der Waals surface area contributed by atoms with Crippen molar-refractivity contribution in [2.75, 3.05) is 19.7 Å². The van der Waals surface area contributed by atoms with Gasteiger partial charge in [-0.15, -0.1) is 0 Å². The van der Waals surface area contributed by atoms with E-state index in [-0.39, 0.29) is 17.8 Å². The van der Waals surface area contributed by atoms with Crippen LogP contribution in [0, 0.1) is 26.7 Å². The molecule has 0 bridgehead atoms. The van der Waals surface area contributed by atoms with Gasteiger partial charge in [0.1, 0.15) is 11.5 Å². The molecule has 5 nitrogen and oxygen atoms in total. The number of esters is 1. The third-order valence-corrected chi connectivity index (χ3v) is 4.10. The van der Waals surface area contributed by atoms with Crippen LogP contribution >= 0.6 is 0 Å². The largest absolute Gasteiger partial charge is 0.466 e. The van der Waals surface area contributed by atoms with Gasteiger partial charge in [-0.1, -0.05) is 0 Å². The van der Waals surface area contributed by atoms with Crippen LogP contribution in [-0.4, -0.2) is 36.5 Å². The Hall–Kier alpha value is -1.78. The summed E-state index contributed by atoms with van der Waals surface area (Å²) in [6.45, 7) is 8.84. The summed E-state index contributed by atoms with van der Waals surface area (Å²) >= 11 is 0. The second-order valence-corrected chi connectivity index (χ2v) is 5.56. The zero-order valence-corrected chi connectivity index (χ0v) is 13.2. The molecule has 0 unspecified atom stereocenters. The number of furan rings is 1. The molecule has 21 heavy (non-hydrogen) atoms. The molecule has 1 aromatic rings. The maximum atomic E-state index is 12.7. The van der Waals surface area contributed by atoms with Crippen molar-refractivity contribution in [1.82, 2.24) is 4.90 Å². The number of ether oxygens (including phenoxy) is 1. The van der Waals surface area contributed by atoms with Gasteiger partial charge in [0.2, 0.25) is 0 Å². The molecule has 0 saturated carbocycles. The van der Waals surface area contributed by atoms with Gasteiger partial charge in [0, 0.05) is 18.7 Å². The number of hydrogen-bond acceptors (Lipinski definition) is 4. The van der Waals surface area contributed by atoms with Crippen LogP contribution in [0.5, 0.6) is 0 Å². The molecule has 1 aromatic heterocycles. The van der Waals surface area contributed by atoms with Crippen LogP contribution in [0.2, 0.25) is 0 Å². The van der Waals surface area contributed by atoms with Gasteiger partial charge in [-0.25, -0.2) is 0 Å². The summed E-state index contributed by atoms with van der Waals surface area (Å²) in [5, 5.41) is 0. The Kier molecular flexibility index (Phi) is 4.70. The number of nitrogens with zero attached hydrogens (tertiary/aromatic N) is 1. The average molecular weight is 293 g/mol. The number of rotatable bonds is 3. The van der Waals surface area contributed by atoms with Crippen LogP contribution in [0.3, 0.4) is 0 Å². The van der Waals surface area contributed by atoms with Crippen molar-refractivity contribution in [2.45, 2.75) is 40.5 Å². The molecule has 116 valence electrons. The highest BCUT2D eigenvalue weighted by molar-refractivity contribution is 5.97. The van der Waals surface area contributed by atoms with Crippen LogP contribution in [0.15, 0.2) is 4.42 Å². The topological polar surface area (TPSA) is 59.8 Å². The van der Waals surface area contributed by atoms with Gasteiger partial charge in [0.15, 0.2) is 0 Å². The van der Waals surface area contributed by atoms with Crippen molar-refractivity contribution in [3.8, 4) is 0 Å². The molecule has 0 aromatic carbocycles. The van der Waals surface area contributed by atoms with Crippen molar-refractivity contribution in [3.63, 3.8) is 0 Å². The van der Waals surface area contributed by atoms with E-state index in [1.54, 1.807) is 18.7 Å². The van der Waals surface area contributed by atoms with Gasteiger partial charge >= 0.3 is 5.97 Å². The molecule has 1 amide bonds. The first-order valence-electron chi connectivity index (χ1n) is 7.48. The average Bonchev–Trinajstić information content (AvgIpc) is 2.72. The molecule has 0 spiro atoms. The van der Waals surface area contributed by atoms with Gasteiger partial charge in [-0.3, -0.25) is 9.59 Å². The number of carbonyl (C=O) groups excluding carboxylic acids is 2. The molecule has 5 heteroatoms. The first kappa shape index (κ1) is 15.6. The highest BCUT2D eigenvalue weighted by Gasteiger charge is 2.31. The van der Waals surface area contributed by atoms with E-state index in [1.807, 2.05) is 13.8 Å². The zero-order valence-electron chi connectivity index (χ0n) is 13.2. The van der Waals surface area contributed by atoms with Gasteiger partial charge in [0.05, 0.1) is 18.1 Å². The Morgan fingerprint density at radius 1 is 1.29 bits per heavy atom. The lowest BCUT2D eigenvalue weighted by molar-refractivity contribution is -0.149. The van der Waals surface area contributed by atoms with E-state index in [0.29, 0.717) is 31.0 Å². The lowest BCUT2D eigenvalue weighted by atomic mass is 9.97. The predicted molar refractivity (Wildman–Crippen MR) is 78.2 cm³/mol. The lowest BCUT2D eigenvalue weighted by Gasteiger charge is -2.31. The van der Waals surface area contributed by atoms with Crippen LogP contribution in [0.4, 0.5) is 0 Å². The summed E-state index contributed by atoms with van der Waals surface area (Å²) in [5.41, 5.74) is 1.52. The summed E-state index contributed by atoms with van der Waals surface area (Å²) < 4.78 is 10.6. The monoisotopic (exact) mass is 293 g/mol. The fourth-order valence-electron chi connectivity index (χ4n) is 2.88. The normalized spacial score (nSPS) is 18.7. The molecule has 1 aliphatic heterocycles. The second kappa shape index (κ2) is 6.33. The standard InChI is InChI=1S/C16H23NO4/c1-5-20-16(19)13-7-6-8-17(9-13)15(18)14-10(2)11(3)21-12(14)4/h13H,5-9H2,1-4H3/t13-/m0/s1. The van der Waals surface area contributed by atoms with E-state index in [0.717, 1.165) is 24.2 Å². The van der Waals surface area contributed by atoms with Crippen molar-refractivity contribution in [1.29, 1.82) is 0 Å². The minimum absolute atomic E-state index is 0.0455. The highest BCUT2D eigenvalue weighted by Crippen LogP contribution is 2.25. The molecular weight excluding hydrogens is 270 g/mol. The van der Waals surface area contributed by atoms with Gasteiger partial charge < -0.3 is 14.1 Å². The smallest absolute Gasteiger partial charge is 0.310 e. The highest BCUT2D eigenvalue weighted by atomic mass is 16.5. The number of hydrogen-bond donors (Lipinski definition) is 0. The molecular formula is C16H23NO4. The van der Waals surface area contributed by atoms with Crippen molar-refractivity contribution < 1.29 is 18.7 Å². The summed E-state index contributed by atoms with van der Waals surface area (Å²) in [7, 11) is 0. The Morgan fingerprint density at radius 2 is 2.00 bits per heavy atom. The van der Waals surface area contributed by atoms with Gasteiger partial charge in [0.25, 0.3) is 5.91 Å². The van der Waals surface area contributed by atoms with Crippen molar-refractivity contribution in [2.24, 2.45) is 5.92 Å². The first-order chi connectivity index (χ1) is 9.95. The van der Waals surface area contributed by atoms with E-state index in [4.69, 9.17) is 9.15 Å². The zero-order chi connectivity index (χ0) is 15.6. The predicted octanol–water partition coefficient (Wildman–Crippen LogP) is 2.62. The van der Waals surface area contributed by atoms with Crippen LogP contribution in [-0.2, 0) is 9.53 Å². The lowest BCUT2D eigenvalue weighted by Crippen LogP contribution is -2.43. The molecule has 2 rings (SSSR count). The molecule has 1 saturated heterocycles. The van der Waals surface area contributed by atoms with Crippen molar-refractivity contribution >= 4 is 11.9 Å². The number of carbonyl (C=O) groups is 2. The molecule has 1 fully saturated rings. The fourth-order valence-corrected chi connectivity index (χ4v) is 2.88. The van der Waals surface area contributed by atoms with Crippen LogP contribution < -0.4 is 0 Å². The number of likely N-dealkylation sites (tertiary alicyclic amines) is 1. The fraction of sp³-hybridized carbons (Fsp3) is 0.625. The number of amides is 1. The summed E-state index contributed by atoms with van der Waals surface area (Å²) in [4.78, 5) is 26.3. The molecule has 0 aliphatic carbocycles. The molecule has 1 aliphatic rings. The van der Waals surface area contributed by atoms with Crippen LogP contribution in [0.1, 0.15) is 47.2 Å². The maximum absolute atomic E-state index is 12.7. The van der Waals surface area contributed by atoms with Crippen LogP contribution in [0.25, 0.3) is 0 Å². The Bertz CT molecular complexity index is 547. The minimum Gasteiger partial charge on any atom is -0.466 e. The quantitative estimate of drug-likeness (QED) is 0.804. The summed E-state index contributed by atoms with van der Waals surface area (Å²) in [6.07, 6.45) is 1.61. The third-order valence-electron chi connectivity index (χ3n) is 4.10. The van der Waals surface area contributed by atoms with E-state index in [9.17, 15) is 9.59 Å². The molecule has 0 radical (unpaired) electrons. The molecule has 0 N–H and O–H groups in total. The summed E-state index contributed by atoms with van der Waals surface area (Å²) in [5.74, 6) is 0.960. The van der Waals surface area contributed by atoms with Crippen molar-refractivity contribution in [3.05, 3.63) is 22.6 Å². The second-order valence-electron chi connectivity index (χ2n) is 5.56. The molecule has 1 atom stereocenters. The number of aryl methyl sites for hydroxylation is 2. The Morgan fingerprint density at radius 3 is 2.57 bits per heavy atom. The van der Waals surface area contributed by atoms with E-state index in [1.165, 1.54) is 0 Å². The minimum atomic E-state index is -0.212.